The number of carboxylic acids is 1. The lowest BCUT2D eigenvalue weighted by Gasteiger charge is -2.22. The number of amides is 2. The molecule has 1 saturated heterocycles. The van der Waals surface area contributed by atoms with Crippen molar-refractivity contribution in [1.29, 1.82) is 0 Å². The number of imide groups is 1. The van der Waals surface area contributed by atoms with E-state index in [2.05, 4.69) is 18.7 Å². The molecule has 0 bridgehead atoms. The van der Waals surface area contributed by atoms with E-state index in [1.54, 1.807) is 42.5 Å². The second kappa shape index (κ2) is 9.70. The third-order valence-corrected chi connectivity index (χ3v) is 5.72. The molecule has 1 atom stereocenters. The lowest BCUT2D eigenvalue weighted by Crippen LogP contribution is -2.28. The normalized spacial score (nSPS) is 16.0. The van der Waals surface area contributed by atoms with E-state index in [1.807, 2.05) is 12.1 Å². The van der Waals surface area contributed by atoms with E-state index in [1.165, 1.54) is 6.92 Å². The fraction of sp³-hybridized carbons (Fsp3) is 0.261. The fourth-order valence-corrected chi connectivity index (χ4v) is 4.02. The number of thioether (sulfide) groups is 1. The van der Waals surface area contributed by atoms with Gasteiger partial charge in [0.1, 0.15) is 5.75 Å². The zero-order valence-electron chi connectivity index (χ0n) is 17.6. The average molecular weight is 441 g/mol. The van der Waals surface area contributed by atoms with Gasteiger partial charge in [-0.25, -0.2) is 9.69 Å². The summed E-state index contributed by atoms with van der Waals surface area (Å²) < 4.78 is 5.37. The Morgan fingerprint density at radius 1 is 1.16 bits per heavy atom. The number of benzene rings is 2. The van der Waals surface area contributed by atoms with Gasteiger partial charge in [-0.15, -0.1) is 0 Å². The monoisotopic (exact) mass is 440 g/mol. The maximum atomic E-state index is 12.9. The Morgan fingerprint density at radius 2 is 1.84 bits per heavy atom. The van der Waals surface area contributed by atoms with Crippen LogP contribution in [0.1, 0.15) is 26.3 Å². The number of rotatable bonds is 8. The van der Waals surface area contributed by atoms with Crippen LogP contribution in [0, 0.1) is 0 Å². The highest BCUT2D eigenvalue weighted by Crippen LogP contribution is 2.36. The summed E-state index contributed by atoms with van der Waals surface area (Å²) in [7, 11) is 0. The van der Waals surface area contributed by atoms with Crippen molar-refractivity contribution < 1.29 is 24.2 Å². The van der Waals surface area contributed by atoms with E-state index in [4.69, 9.17) is 9.84 Å². The third-order valence-electron chi connectivity index (χ3n) is 4.85. The van der Waals surface area contributed by atoms with Crippen molar-refractivity contribution in [3.63, 3.8) is 0 Å². The van der Waals surface area contributed by atoms with E-state index in [0.29, 0.717) is 21.9 Å². The predicted molar refractivity (Wildman–Crippen MR) is 123 cm³/mol. The van der Waals surface area contributed by atoms with Gasteiger partial charge in [-0.1, -0.05) is 12.1 Å². The van der Waals surface area contributed by atoms with Gasteiger partial charge in [0.2, 0.25) is 0 Å². The molecule has 8 heteroatoms. The summed E-state index contributed by atoms with van der Waals surface area (Å²) in [6.45, 7) is 7.32. The quantitative estimate of drug-likeness (QED) is 0.599. The molecular formula is C23H24N2O5S. The van der Waals surface area contributed by atoms with Crippen LogP contribution in [-0.4, -0.2) is 41.4 Å². The van der Waals surface area contributed by atoms with E-state index < -0.39 is 18.0 Å². The second-order valence-electron chi connectivity index (χ2n) is 6.88. The van der Waals surface area contributed by atoms with Crippen molar-refractivity contribution in [1.82, 2.24) is 0 Å². The molecule has 162 valence electrons. The Morgan fingerprint density at radius 3 is 2.45 bits per heavy atom. The highest BCUT2D eigenvalue weighted by atomic mass is 32.2. The van der Waals surface area contributed by atoms with Crippen LogP contribution in [0.4, 0.5) is 16.2 Å². The first kappa shape index (κ1) is 22.4. The van der Waals surface area contributed by atoms with Crippen molar-refractivity contribution in [3.8, 4) is 5.75 Å². The molecule has 1 heterocycles. The first-order valence-corrected chi connectivity index (χ1v) is 10.8. The topological polar surface area (TPSA) is 87.2 Å². The number of hydrogen-bond acceptors (Lipinski definition) is 6. The van der Waals surface area contributed by atoms with Gasteiger partial charge in [0, 0.05) is 18.8 Å². The lowest BCUT2D eigenvalue weighted by atomic mass is 10.2. The van der Waals surface area contributed by atoms with Crippen LogP contribution >= 0.6 is 11.8 Å². The van der Waals surface area contributed by atoms with E-state index in [-0.39, 0.29) is 5.24 Å². The van der Waals surface area contributed by atoms with Crippen molar-refractivity contribution >= 4 is 46.3 Å². The summed E-state index contributed by atoms with van der Waals surface area (Å²) in [6, 6.07) is 14.1. The molecule has 2 aromatic rings. The smallest absolute Gasteiger partial charge is 0.344 e. The summed E-state index contributed by atoms with van der Waals surface area (Å²) >= 11 is 0.869. The zero-order chi connectivity index (χ0) is 22.5. The van der Waals surface area contributed by atoms with Crippen LogP contribution in [0.2, 0.25) is 0 Å². The number of carboxylic acid groups (broad SMARTS) is 1. The molecule has 1 fully saturated rings. The molecule has 0 saturated carbocycles. The van der Waals surface area contributed by atoms with Crippen LogP contribution < -0.4 is 14.5 Å². The first-order valence-electron chi connectivity index (χ1n) is 9.96. The Kier molecular flexibility index (Phi) is 7.02. The molecule has 0 aromatic heterocycles. The number of nitrogens with zero attached hydrogens (tertiary/aromatic N) is 2. The van der Waals surface area contributed by atoms with E-state index >= 15 is 0 Å². The molecule has 1 aliphatic rings. The summed E-state index contributed by atoms with van der Waals surface area (Å²) in [5.74, 6) is -1.09. The van der Waals surface area contributed by atoms with Crippen molar-refractivity contribution in [3.05, 3.63) is 59.0 Å². The van der Waals surface area contributed by atoms with Gasteiger partial charge in [-0.2, -0.15) is 0 Å². The minimum absolute atomic E-state index is 0.293. The zero-order valence-corrected chi connectivity index (χ0v) is 18.4. The summed E-state index contributed by atoms with van der Waals surface area (Å²) in [5, 5.41) is 8.63. The highest BCUT2D eigenvalue weighted by Gasteiger charge is 2.36. The largest absolute Gasteiger partial charge is 0.479 e. The second-order valence-corrected chi connectivity index (χ2v) is 7.87. The van der Waals surface area contributed by atoms with Crippen LogP contribution in [-0.2, 0) is 9.59 Å². The van der Waals surface area contributed by atoms with Crippen molar-refractivity contribution in [2.75, 3.05) is 22.9 Å². The molecule has 3 rings (SSSR count). The standard InChI is InChI=1S/C23H24N2O5S/c1-4-24(5-2)17-9-11-18(12-10-17)25-21(26)20(31-23(25)29)14-16-7-6-8-19(13-16)30-15(3)22(27)28/h6-15H,4-5H2,1-3H3,(H,27,28)/b20-14+. The molecule has 31 heavy (non-hydrogen) atoms. The molecular weight excluding hydrogens is 416 g/mol. The minimum atomic E-state index is -1.07. The fourth-order valence-electron chi connectivity index (χ4n) is 3.18. The van der Waals surface area contributed by atoms with Crippen LogP contribution in [0.25, 0.3) is 6.08 Å². The Bertz CT molecular complexity index is 1010. The summed E-state index contributed by atoms with van der Waals surface area (Å²) in [6.07, 6.45) is 0.606. The lowest BCUT2D eigenvalue weighted by molar-refractivity contribution is -0.144. The van der Waals surface area contributed by atoms with Gasteiger partial charge in [-0.3, -0.25) is 9.59 Å². The van der Waals surface area contributed by atoms with E-state index in [9.17, 15) is 14.4 Å². The number of carbonyl (C=O) groups is 3. The van der Waals surface area contributed by atoms with Crippen LogP contribution in [0.15, 0.2) is 53.4 Å². The van der Waals surface area contributed by atoms with E-state index in [0.717, 1.165) is 35.4 Å². The Labute approximate surface area is 185 Å². The molecule has 0 radical (unpaired) electrons. The number of aliphatic carboxylic acids is 1. The molecule has 7 nitrogen and oxygen atoms in total. The summed E-state index contributed by atoms with van der Waals surface area (Å²) in [4.78, 5) is 40.0. The average Bonchev–Trinajstić information content (AvgIpc) is 3.02. The van der Waals surface area contributed by atoms with Gasteiger partial charge < -0.3 is 14.7 Å². The molecule has 1 aliphatic heterocycles. The van der Waals surface area contributed by atoms with Crippen LogP contribution in [0.5, 0.6) is 5.75 Å². The van der Waals surface area contributed by atoms with Gasteiger partial charge in [-0.05, 0) is 80.6 Å². The first-order chi connectivity index (χ1) is 14.8. The molecule has 1 N–H and O–H groups in total. The maximum Gasteiger partial charge on any atom is 0.344 e. The van der Waals surface area contributed by atoms with Gasteiger partial charge in [0.05, 0.1) is 10.6 Å². The van der Waals surface area contributed by atoms with Gasteiger partial charge in [0.25, 0.3) is 11.1 Å². The molecule has 1 unspecified atom stereocenters. The predicted octanol–water partition coefficient (Wildman–Crippen LogP) is 4.63. The SMILES string of the molecule is CCN(CC)c1ccc(N2C(=O)S/C(=C/c3cccc(OC(C)C(=O)O)c3)C2=O)cc1. The Balaban J connectivity index is 1.80. The molecule has 0 aliphatic carbocycles. The van der Waals surface area contributed by atoms with Gasteiger partial charge in [0.15, 0.2) is 6.10 Å². The number of carbonyl (C=O) groups excluding carboxylic acids is 2. The number of hydrogen-bond donors (Lipinski definition) is 1. The van der Waals surface area contributed by atoms with Crippen LogP contribution in [0.3, 0.4) is 0 Å². The highest BCUT2D eigenvalue weighted by molar-refractivity contribution is 8.19. The third kappa shape index (κ3) is 5.08. The summed E-state index contributed by atoms with van der Waals surface area (Å²) in [5.41, 5.74) is 2.19. The maximum absolute atomic E-state index is 12.9. The minimum Gasteiger partial charge on any atom is -0.479 e. The van der Waals surface area contributed by atoms with Crippen molar-refractivity contribution in [2.45, 2.75) is 26.9 Å². The van der Waals surface area contributed by atoms with Gasteiger partial charge >= 0.3 is 5.97 Å². The van der Waals surface area contributed by atoms with Crippen molar-refractivity contribution in [2.24, 2.45) is 0 Å². The Hall–Kier alpha value is -3.26. The molecule has 2 aromatic carbocycles. The molecule has 2 amide bonds. The number of anilines is 2. The number of ether oxygens (including phenoxy) is 1. The molecule has 0 spiro atoms.